The zero-order chi connectivity index (χ0) is 10.8. The van der Waals surface area contributed by atoms with E-state index in [9.17, 15) is 4.79 Å². The summed E-state index contributed by atoms with van der Waals surface area (Å²) in [6.07, 6.45) is 3.22. The summed E-state index contributed by atoms with van der Waals surface area (Å²) in [4.78, 5) is 10.5. The largest absolute Gasteiger partial charge is 0.481 e. The van der Waals surface area contributed by atoms with Crippen molar-refractivity contribution in [2.75, 3.05) is 0 Å². The van der Waals surface area contributed by atoms with Crippen molar-refractivity contribution in [2.45, 2.75) is 31.6 Å². The fraction of sp³-hybridized carbons (Fsp3) is 0.417. The van der Waals surface area contributed by atoms with Crippen LogP contribution in [0.4, 0.5) is 0 Å². The van der Waals surface area contributed by atoms with Crippen molar-refractivity contribution < 1.29 is 9.90 Å². The van der Waals surface area contributed by atoms with Gasteiger partial charge in [-0.25, -0.2) is 0 Å². The molecule has 1 atom stereocenters. The summed E-state index contributed by atoms with van der Waals surface area (Å²) in [6, 6.07) is 6.31. The van der Waals surface area contributed by atoms with E-state index in [0.717, 1.165) is 23.7 Å². The molecule has 0 aliphatic heterocycles. The number of carboxylic acid groups (broad SMARTS) is 1. The van der Waals surface area contributed by atoms with Crippen molar-refractivity contribution in [2.24, 2.45) is 0 Å². The Labute approximate surface area is 97.4 Å². The van der Waals surface area contributed by atoms with Gasteiger partial charge in [0.2, 0.25) is 0 Å². The van der Waals surface area contributed by atoms with E-state index in [4.69, 9.17) is 5.11 Å². The highest BCUT2D eigenvalue weighted by molar-refractivity contribution is 9.10. The van der Waals surface area contributed by atoms with Gasteiger partial charge in [-0.2, -0.15) is 0 Å². The number of carboxylic acids is 1. The number of carbonyl (C=O) groups is 1. The maximum absolute atomic E-state index is 10.5. The summed E-state index contributed by atoms with van der Waals surface area (Å²) in [7, 11) is 0. The number of hydrogen-bond acceptors (Lipinski definition) is 1. The van der Waals surface area contributed by atoms with Crippen molar-refractivity contribution in [1.82, 2.24) is 0 Å². The molecule has 1 aliphatic carbocycles. The van der Waals surface area contributed by atoms with Crippen molar-refractivity contribution >= 4 is 21.9 Å². The van der Waals surface area contributed by atoms with Crippen molar-refractivity contribution in [3.05, 3.63) is 33.8 Å². The van der Waals surface area contributed by atoms with E-state index in [2.05, 4.69) is 28.1 Å². The third-order valence-corrected chi connectivity index (χ3v) is 3.51. The molecule has 0 bridgehead atoms. The Morgan fingerprint density at radius 1 is 1.53 bits per heavy atom. The molecule has 0 heterocycles. The van der Waals surface area contributed by atoms with Gasteiger partial charge in [-0.3, -0.25) is 4.79 Å². The molecule has 0 saturated carbocycles. The number of rotatable bonds is 3. The molecule has 1 aliphatic rings. The Kier molecular flexibility index (Phi) is 3.10. The molecule has 2 rings (SSSR count). The lowest BCUT2D eigenvalue weighted by Crippen LogP contribution is -2.00. The van der Waals surface area contributed by atoms with Crippen molar-refractivity contribution in [3.8, 4) is 0 Å². The monoisotopic (exact) mass is 268 g/mol. The fourth-order valence-electron chi connectivity index (χ4n) is 2.27. The molecule has 15 heavy (non-hydrogen) atoms. The van der Waals surface area contributed by atoms with E-state index >= 15 is 0 Å². The topological polar surface area (TPSA) is 37.3 Å². The third kappa shape index (κ3) is 2.40. The Morgan fingerprint density at radius 2 is 2.33 bits per heavy atom. The average Bonchev–Trinajstić information content (AvgIpc) is 2.57. The van der Waals surface area contributed by atoms with E-state index in [1.54, 1.807) is 0 Å². The predicted octanol–water partition coefficient (Wildman–Crippen LogP) is 3.34. The van der Waals surface area contributed by atoms with Crippen LogP contribution in [0.5, 0.6) is 0 Å². The van der Waals surface area contributed by atoms with Crippen LogP contribution in [-0.2, 0) is 11.2 Å². The standard InChI is InChI=1S/C12H13BrO2/c13-10-4-5-11-8(3-6-12(14)15)1-2-9(11)7-10/h4-5,7-8H,1-3,6H2,(H,14,15). The zero-order valence-electron chi connectivity index (χ0n) is 8.37. The lowest BCUT2D eigenvalue weighted by molar-refractivity contribution is -0.137. The third-order valence-electron chi connectivity index (χ3n) is 3.01. The highest BCUT2D eigenvalue weighted by atomic mass is 79.9. The van der Waals surface area contributed by atoms with Crippen LogP contribution < -0.4 is 0 Å². The second kappa shape index (κ2) is 4.35. The van der Waals surface area contributed by atoms with Gasteiger partial charge in [0.05, 0.1) is 0 Å². The summed E-state index contributed by atoms with van der Waals surface area (Å²) in [5.41, 5.74) is 2.72. The van der Waals surface area contributed by atoms with E-state index < -0.39 is 5.97 Å². The molecule has 2 nitrogen and oxygen atoms in total. The summed E-state index contributed by atoms with van der Waals surface area (Å²) >= 11 is 3.45. The van der Waals surface area contributed by atoms with E-state index in [-0.39, 0.29) is 6.42 Å². The van der Waals surface area contributed by atoms with E-state index in [0.29, 0.717) is 5.92 Å². The minimum atomic E-state index is -0.694. The van der Waals surface area contributed by atoms with Gasteiger partial charge in [0.25, 0.3) is 0 Å². The van der Waals surface area contributed by atoms with Gasteiger partial charge >= 0.3 is 5.97 Å². The normalized spacial score (nSPS) is 18.9. The maximum atomic E-state index is 10.5. The zero-order valence-corrected chi connectivity index (χ0v) is 9.96. The van der Waals surface area contributed by atoms with Crippen LogP contribution in [-0.4, -0.2) is 11.1 Å². The average molecular weight is 269 g/mol. The van der Waals surface area contributed by atoms with Crippen LogP contribution in [0.1, 0.15) is 36.3 Å². The Morgan fingerprint density at radius 3 is 3.07 bits per heavy atom. The first-order valence-electron chi connectivity index (χ1n) is 5.17. The fourth-order valence-corrected chi connectivity index (χ4v) is 2.68. The SMILES string of the molecule is O=C(O)CCC1CCc2cc(Br)ccc21. The van der Waals surface area contributed by atoms with Gasteiger partial charge in [0, 0.05) is 10.9 Å². The van der Waals surface area contributed by atoms with Crippen molar-refractivity contribution in [1.29, 1.82) is 0 Å². The number of fused-ring (bicyclic) bond motifs is 1. The lowest BCUT2D eigenvalue weighted by atomic mass is 9.96. The van der Waals surface area contributed by atoms with Gasteiger partial charge in [0.1, 0.15) is 0 Å². The first kappa shape index (κ1) is 10.7. The molecule has 1 unspecified atom stereocenters. The van der Waals surface area contributed by atoms with Crippen LogP contribution >= 0.6 is 15.9 Å². The molecule has 0 amide bonds. The molecule has 1 aromatic carbocycles. The maximum Gasteiger partial charge on any atom is 0.303 e. The highest BCUT2D eigenvalue weighted by Crippen LogP contribution is 2.37. The Balaban J connectivity index is 2.11. The van der Waals surface area contributed by atoms with Crippen molar-refractivity contribution in [3.63, 3.8) is 0 Å². The van der Waals surface area contributed by atoms with Gasteiger partial charge in [-0.05, 0) is 48.4 Å². The van der Waals surface area contributed by atoms with Crippen LogP contribution in [0.25, 0.3) is 0 Å². The highest BCUT2D eigenvalue weighted by Gasteiger charge is 2.22. The van der Waals surface area contributed by atoms with Gasteiger partial charge in [0.15, 0.2) is 0 Å². The predicted molar refractivity (Wildman–Crippen MR) is 62.1 cm³/mol. The second-order valence-electron chi connectivity index (χ2n) is 4.01. The van der Waals surface area contributed by atoms with Gasteiger partial charge in [-0.1, -0.05) is 22.0 Å². The smallest absolute Gasteiger partial charge is 0.303 e. The summed E-state index contributed by atoms with van der Waals surface area (Å²) in [6.45, 7) is 0. The van der Waals surface area contributed by atoms with E-state index in [1.807, 2.05) is 6.07 Å². The number of hydrogen-bond donors (Lipinski definition) is 1. The molecule has 0 spiro atoms. The molecule has 3 heteroatoms. The molecule has 0 fully saturated rings. The number of aliphatic carboxylic acids is 1. The summed E-state index contributed by atoms with van der Waals surface area (Å²) in [5, 5.41) is 8.66. The molecule has 1 aromatic rings. The van der Waals surface area contributed by atoms with Crippen LogP contribution in [0.3, 0.4) is 0 Å². The number of benzene rings is 1. The molecule has 1 N–H and O–H groups in total. The molecular formula is C12H13BrO2. The van der Waals surface area contributed by atoms with Crippen LogP contribution in [0, 0.1) is 0 Å². The van der Waals surface area contributed by atoms with Gasteiger partial charge < -0.3 is 5.11 Å². The molecule has 80 valence electrons. The number of aryl methyl sites for hydroxylation is 1. The summed E-state index contributed by atoms with van der Waals surface area (Å²) in [5.74, 6) is -0.246. The second-order valence-corrected chi connectivity index (χ2v) is 4.93. The minimum Gasteiger partial charge on any atom is -0.481 e. The lowest BCUT2D eigenvalue weighted by Gasteiger charge is -2.09. The summed E-state index contributed by atoms with van der Waals surface area (Å²) < 4.78 is 1.11. The van der Waals surface area contributed by atoms with Crippen LogP contribution in [0.2, 0.25) is 0 Å². The Bertz CT molecular complexity index is 387. The quantitative estimate of drug-likeness (QED) is 0.913. The molecule has 0 aromatic heterocycles. The van der Waals surface area contributed by atoms with E-state index in [1.165, 1.54) is 11.1 Å². The first-order chi connectivity index (χ1) is 7.16. The molecule has 0 radical (unpaired) electrons. The Hall–Kier alpha value is -0.830. The first-order valence-corrected chi connectivity index (χ1v) is 5.96. The van der Waals surface area contributed by atoms with Gasteiger partial charge in [-0.15, -0.1) is 0 Å². The number of halogens is 1. The van der Waals surface area contributed by atoms with Crippen LogP contribution in [0.15, 0.2) is 22.7 Å². The molecular weight excluding hydrogens is 256 g/mol. The molecule has 0 saturated heterocycles. The minimum absolute atomic E-state index is 0.278.